The van der Waals surface area contributed by atoms with Crippen LogP contribution >= 0.6 is 0 Å². The van der Waals surface area contributed by atoms with Gasteiger partial charge in [-0.2, -0.15) is 0 Å². The topological polar surface area (TPSA) is 52.0 Å². The molecule has 0 saturated heterocycles. The van der Waals surface area contributed by atoms with Crippen molar-refractivity contribution in [1.82, 2.24) is 5.16 Å². The van der Waals surface area contributed by atoms with Gasteiger partial charge in [-0.05, 0) is 17.0 Å². The highest BCUT2D eigenvalue weighted by atomic mass is 16.5. The van der Waals surface area contributed by atoms with Gasteiger partial charge in [0.05, 0.1) is 11.3 Å². The van der Waals surface area contributed by atoms with E-state index in [9.17, 15) is 0 Å². The minimum absolute atomic E-state index is 0.0901. The summed E-state index contributed by atoms with van der Waals surface area (Å²) < 4.78 is 5.18. The fourth-order valence-electron chi connectivity index (χ4n) is 2.13. The molecule has 2 aromatic rings. The Morgan fingerprint density at radius 2 is 1.68 bits per heavy atom. The van der Waals surface area contributed by atoms with Crippen LogP contribution in [0.5, 0.6) is 0 Å². The predicted octanol–water partition coefficient (Wildman–Crippen LogP) is 4.34. The van der Waals surface area contributed by atoms with Crippen LogP contribution in [0.25, 0.3) is 11.1 Å². The molecule has 0 amide bonds. The van der Waals surface area contributed by atoms with E-state index < -0.39 is 0 Å². The van der Waals surface area contributed by atoms with Gasteiger partial charge in [0, 0.05) is 5.41 Å². The standard InChI is InChI=1S/C16H22N2O/c1-10(2)11-6-8-12(9-7-11)13-14(16(3,4)5)18-19-15(13)17/h6-10H,17H2,1-5H3. The number of nitrogens with zero attached hydrogens (tertiary/aromatic N) is 1. The highest BCUT2D eigenvalue weighted by molar-refractivity contribution is 5.76. The maximum atomic E-state index is 5.94. The Morgan fingerprint density at radius 3 is 2.16 bits per heavy atom. The molecule has 19 heavy (non-hydrogen) atoms. The SMILES string of the molecule is CC(C)c1ccc(-c2c(C(C)(C)C)noc2N)cc1. The third kappa shape index (κ3) is 2.65. The van der Waals surface area contributed by atoms with Crippen molar-refractivity contribution in [3.8, 4) is 11.1 Å². The zero-order valence-corrected chi connectivity index (χ0v) is 12.3. The summed E-state index contributed by atoms with van der Waals surface area (Å²) in [4.78, 5) is 0. The Morgan fingerprint density at radius 1 is 1.11 bits per heavy atom. The first-order valence-corrected chi connectivity index (χ1v) is 6.66. The van der Waals surface area contributed by atoms with Crippen molar-refractivity contribution in [2.75, 3.05) is 5.73 Å². The average molecular weight is 258 g/mol. The minimum Gasteiger partial charge on any atom is -0.367 e. The lowest BCUT2D eigenvalue weighted by molar-refractivity contribution is 0.405. The normalized spacial score (nSPS) is 12.1. The number of hydrogen-bond acceptors (Lipinski definition) is 3. The van der Waals surface area contributed by atoms with E-state index in [1.54, 1.807) is 0 Å². The molecule has 3 nitrogen and oxygen atoms in total. The number of hydrogen-bond donors (Lipinski definition) is 1. The Kier molecular flexibility index (Phi) is 3.40. The summed E-state index contributed by atoms with van der Waals surface area (Å²) in [5.41, 5.74) is 10.1. The number of aromatic nitrogens is 1. The molecular weight excluding hydrogens is 236 g/mol. The first-order valence-electron chi connectivity index (χ1n) is 6.66. The molecule has 0 bridgehead atoms. The summed E-state index contributed by atoms with van der Waals surface area (Å²) in [5, 5.41) is 4.12. The van der Waals surface area contributed by atoms with Crippen LogP contribution in [0, 0.1) is 0 Å². The molecule has 0 radical (unpaired) electrons. The van der Waals surface area contributed by atoms with Gasteiger partial charge in [-0.3, -0.25) is 0 Å². The van der Waals surface area contributed by atoms with Gasteiger partial charge in [-0.15, -0.1) is 0 Å². The van der Waals surface area contributed by atoms with Crippen LogP contribution in [0.1, 0.15) is 51.8 Å². The van der Waals surface area contributed by atoms with Gasteiger partial charge in [0.25, 0.3) is 0 Å². The van der Waals surface area contributed by atoms with Crippen molar-refractivity contribution in [2.24, 2.45) is 0 Å². The molecule has 0 aliphatic rings. The first kappa shape index (κ1) is 13.7. The van der Waals surface area contributed by atoms with Crippen LogP contribution in [0.4, 0.5) is 5.88 Å². The molecule has 2 rings (SSSR count). The van der Waals surface area contributed by atoms with E-state index in [4.69, 9.17) is 10.3 Å². The largest absolute Gasteiger partial charge is 0.367 e. The molecule has 0 atom stereocenters. The summed E-state index contributed by atoms with van der Waals surface area (Å²) in [6, 6.07) is 8.46. The molecule has 102 valence electrons. The van der Waals surface area contributed by atoms with Gasteiger partial charge in [0.15, 0.2) is 0 Å². The predicted molar refractivity (Wildman–Crippen MR) is 79.1 cm³/mol. The lowest BCUT2D eigenvalue weighted by Crippen LogP contribution is -2.13. The quantitative estimate of drug-likeness (QED) is 0.871. The van der Waals surface area contributed by atoms with Crippen molar-refractivity contribution in [2.45, 2.75) is 46.0 Å². The first-order chi connectivity index (χ1) is 8.80. The van der Waals surface area contributed by atoms with E-state index in [-0.39, 0.29) is 5.41 Å². The molecular formula is C16H22N2O. The zero-order valence-electron chi connectivity index (χ0n) is 12.3. The molecule has 0 spiro atoms. The van der Waals surface area contributed by atoms with Crippen LogP contribution < -0.4 is 5.73 Å². The van der Waals surface area contributed by atoms with E-state index in [1.807, 2.05) is 0 Å². The molecule has 1 aromatic heterocycles. The Labute approximate surface area is 114 Å². The van der Waals surface area contributed by atoms with Crippen molar-refractivity contribution in [3.63, 3.8) is 0 Å². The van der Waals surface area contributed by atoms with E-state index in [0.717, 1.165) is 16.8 Å². The molecule has 2 N–H and O–H groups in total. The summed E-state index contributed by atoms with van der Waals surface area (Å²) >= 11 is 0. The molecule has 0 saturated carbocycles. The molecule has 0 unspecified atom stereocenters. The smallest absolute Gasteiger partial charge is 0.230 e. The number of anilines is 1. The van der Waals surface area contributed by atoms with Gasteiger partial charge in [-0.1, -0.05) is 64.0 Å². The van der Waals surface area contributed by atoms with Gasteiger partial charge in [-0.25, -0.2) is 0 Å². The van der Waals surface area contributed by atoms with Gasteiger partial charge in [0.2, 0.25) is 5.88 Å². The number of benzene rings is 1. The zero-order chi connectivity index (χ0) is 14.2. The van der Waals surface area contributed by atoms with E-state index in [2.05, 4.69) is 64.0 Å². The fraction of sp³-hybridized carbons (Fsp3) is 0.438. The second-order valence-electron chi connectivity index (χ2n) is 6.30. The van der Waals surface area contributed by atoms with Crippen LogP contribution in [0.3, 0.4) is 0 Å². The lowest BCUT2D eigenvalue weighted by Gasteiger charge is -2.16. The highest BCUT2D eigenvalue weighted by Gasteiger charge is 2.26. The summed E-state index contributed by atoms with van der Waals surface area (Å²) in [7, 11) is 0. The van der Waals surface area contributed by atoms with E-state index >= 15 is 0 Å². The van der Waals surface area contributed by atoms with Crippen LogP contribution in [-0.2, 0) is 5.41 Å². The van der Waals surface area contributed by atoms with Gasteiger partial charge in [0.1, 0.15) is 0 Å². The fourth-order valence-corrected chi connectivity index (χ4v) is 2.13. The lowest BCUT2D eigenvalue weighted by atomic mass is 9.87. The molecule has 0 aliphatic heterocycles. The molecule has 1 aromatic carbocycles. The van der Waals surface area contributed by atoms with Crippen LogP contribution in [-0.4, -0.2) is 5.16 Å². The van der Waals surface area contributed by atoms with E-state index in [0.29, 0.717) is 11.8 Å². The monoisotopic (exact) mass is 258 g/mol. The van der Waals surface area contributed by atoms with Gasteiger partial charge >= 0.3 is 0 Å². The molecule has 0 fully saturated rings. The third-order valence-corrected chi connectivity index (χ3v) is 3.29. The Bertz CT molecular complexity index is 559. The number of nitrogen functional groups attached to an aromatic ring is 1. The second kappa shape index (κ2) is 4.72. The van der Waals surface area contributed by atoms with E-state index in [1.165, 1.54) is 5.56 Å². The van der Waals surface area contributed by atoms with Crippen molar-refractivity contribution < 1.29 is 4.52 Å². The van der Waals surface area contributed by atoms with Crippen molar-refractivity contribution in [1.29, 1.82) is 0 Å². The van der Waals surface area contributed by atoms with Crippen molar-refractivity contribution in [3.05, 3.63) is 35.5 Å². The maximum absolute atomic E-state index is 5.94. The molecule has 3 heteroatoms. The van der Waals surface area contributed by atoms with Crippen LogP contribution in [0.15, 0.2) is 28.8 Å². The Balaban J connectivity index is 2.50. The number of rotatable bonds is 2. The maximum Gasteiger partial charge on any atom is 0.230 e. The van der Waals surface area contributed by atoms with Gasteiger partial charge < -0.3 is 10.3 Å². The second-order valence-corrected chi connectivity index (χ2v) is 6.30. The molecule has 1 heterocycles. The summed E-state index contributed by atoms with van der Waals surface area (Å²) in [5.74, 6) is 0.915. The van der Waals surface area contributed by atoms with Crippen LogP contribution in [0.2, 0.25) is 0 Å². The Hall–Kier alpha value is -1.77. The minimum atomic E-state index is -0.0901. The van der Waals surface area contributed by atoms with Crippen molar-refractivity contribution >= 4 is 5.88 Å². The molecule has 0 aliphatic carbocycles. The average Bonchev–Trinajstić information content (AvgIpc) is 2.71. The highest BCUT2D eigenvalue weighted by Crippen LogP contribution is 2.36. The summed E-state index contributed by atoms with van der Waals surface area (Å²) in [6.07, 6.45) is 0. The summed E-state index contributed by atoms with van der Waals surface area (Å²) in [6.45, 7) is 10.7. The third-order valence-electron chi connectivity index (χ3n) is 3.29. The number of nitrogens with two attached hydrogens (primary N) is 1.